The molecule has 0 heterocycles. The van der Waals surface area contributed by atoms with Gasteiger partial charge in [0.1, 0.15) is 0 Å². The number of hydrogen-bond acceptors (Lipinski definition) is 1. The van der Waals surface area contributed by atoms with Gasteiger partial charge in [0.15, 0.2) is 0 Å². The molecule has 0 N–H and O–H groups in total. The Morgan fingerprint density at radius 1 is 1.55 bits per heavy atom. The second kappa shape index (κ2) is 11.7. The molecule has 0 bridgehead atoms. The average Bonchev–Trinajstić information content (AvgIpc) is 2.08. The third-order valence-electron chi connectivity index (χ3n) is 1.01. The third kappa shape index (κ3) is 8.97. The van der Waals surface area contributed by atoms with Gasteiger partial charge in [-0.15, -0.1) is 0 Å². The maximum Gasteiger partial charge on any atom is 0.0669 e. The first kappa shape index (κ1) is 12.6. The Bertz CT molecular complexity index is 149. The summed E-state index contributed by atoms with van der Waals surface area (Å²) in [5.74, 6) is 0. The Kier molecular flexibility index (Phi) is 13.5. The van der Waals surface area contributed by atoms with E-state index in [-0.39, 0.29) is 0 Å². The molecule has 0 spiro atoms. The highest BCUT2D eigenvalue weighted by Crippen LogP contribution is 2.01. The largest absolute Gasteiger partial charge is 0.198 e. The van der Waals surface area contributed by atoms with Gasteiger partial charge in [0.25, 0.3) is 0 Å². The van der Waals surface area contributed by atoms with E-state index in [1.54, 1.807) is 6.08 Å². The average molecular weight is 151 g/mol. The maximum absolute atomic E-state index is 8.26. The Labute approximate surface area is 70.0 Å². The molecule has 0 rings (SSSR count). The van der Waals surface area contributed by atoms with Gasteiger partial charge in [-0.3, -0.25) is 0 Å². The van der Waals surface area contributed by atoms with Gasteiger partial charge in [0.2, 0.25) is 0 Å². The molecule has 0 amide bonds. The van der Waals surface area contributed by atoms with Crippen molar-refractivity contribution in [1.82, 2.24) is 0 Å². The molecule has 0 aliphatic carbocycles. The van der Waals surface area contributed by atoms with Gasteiger partial charge >= 0.3 is 0 Å². The fourth-order valence-corrected chi connectivity index (χ4v) is 0.581. The van der Waals surface area contributed by atoms with E-state index in [1.807, 2.05) is 26.8 Å². The van der Waals surface area contributed by atoms with Crippen LogP contribution in [-0.4, -0.2) is 0 Å². The smallest absolute Gasteiger partial charge is 0.0669 e. The molecule has 0 fully saturated rings. The van der Waals surface area contributed by atoms with Crippen LogP contribution < -0.4 is 0 Å². The van der Waals surface area contributed by atoms with E-state index in [1.165, 1.54) is 0 Å². The van der Waals surface area contributed by atoms with Crippen molar-refractivity contribution >= 4 is 0 Å². The van der Waals surface area contributed by atoms with Crippen LogP contribution in [0.25, 0.3) is 0 Å². The van der Waals surface area contributed by atoms with E-state index in [0.717, 1.165) is 12.0 Å². The molecule has 0 radical (unpaired) electrons. The van der Waals surface area contributed by atoms with Gasteiger partial charge in [-0.1, -0.05) is 39.5 Å². The van der Waals surface area contributed by atoms with Crippen LogP contribution in [0.15, 0.2) is 24.3 Å². The summed E-state index contributed by atoms with van der Waals surface area (Å²) in [6.07, 6.45) is 5.20. The summed E-state index contributed by atoms with van der Waals surface area (Å²) in [6.45, 7) is 9.62. The molecule has 1 nitrogen and oxygen atoms in total. The highest BCUT2D eigenvalue weighted by atomic mass is 14.2. The van der Waals surface area contributed by atoms with Crippen LogP contribution in [0.1, 0.15) is 33.6 Å². The molecule has 0 saturated carbocycles. The van der Waals surface area contributed by atoms with Crippen LogP contribution in [0.2, 0.25) is 0 Å². The van der Waals surface area contributed by atoms with E-state index in [9.17, 15) is 0 Å². The minimum Gasteiger partial charge on any atom is -0.198 e. The molecule has 0 aromatic carbocycles. The van der Waals surface area contributed by atoms with Gasteiger partial charge in [-0.2, -0.15) is 5.26 Å². The Morgan fingerprint density at radius 2 is 2.09 bits per heavy atom. The minimum absolute atomic E-state index is 0.483. The number of rotatable bonds is 3. The molecule has 0 aromatic rings. The van der Waals surface area contributed by atoms with Gasteiger partial charge in [0.05, 0.1) is 12.5 Å². The van der Waals surface area contributed by atoms with Crippen LogP contribution in [0.4, 0.5) is 0 Å². The number of hydrogen-bond donors (Lipinski definition) is 0. The van der Waals surface area contributed by atoms with Crippen molar-refractivity contribution in [1.29, 1.82) is 5.26 Å². The van der Waals surface area contributed by atoms with Gasteiger partial charge in [0, 0.05) is 0 Å². The van der Waals surface area contributed by atoms with Crippen molar-refractivity contribution < 1.29 is 0 Å². The first-order chi connectivity index (χ1) is 5.35. The number of nitriles is 1. The van der Waals surface area contributed by atoms with E-state index < -0.39 is 0 Å². The van der Waals surface area contributed by atoms with Gasteiger partial charge in [-0.05, 0) is 12.0 Å². The lowest BCUT2D eigenvalue weighted by molar-refractivity contribution is 1.16. The molecule has 62 valence electrons. The summed E-state index contributed by atoms with van der Waals surface area (Å²) >= 11 is 0. The van der Waals surface area contributed by atoms with Crippen LogP contribution in [0, 0.1) is 11.3 Å². The maximum atomic E-state index is 8.26. The van der Waals surface area contributed by atoms with Crippen LogP contribution in [-0.2, 0) is 0 Å². The summed E-state index contributed by atoms with van der Waals surface area (Å²) in [7, 11) is 0. The van der Waals surface area contributed by atoms with Crippen molar-refractivity contribution in [3.8, 4) is 6.07 Å². The van der Waals surface area contributed by atoms with E-state index in [0.29, 0.717) is 6.42 Å². The van der Waals surface area contributed by atoms with Crippen molar-refractivity contribution in [2.45, 2.75) is 33.6 Å². The van der Waals surface area contributed by atoms with E-state index in [2.05, 4.69) is 12.6 Å². The summed E-state index contributed by atoms with van der Waals surface area (Å²) in [5, 5.41) is 8.26. The second-order valence-electron chi connectivity index (χ2n) is 1.73. The van der Waals surface area contributed by atoms with Crippen molar-refractivity contribution in [2.24, 2.45) is 0 Å². The van der Waals surface area contributed by atoms with E-state index >= 15 is 0 Å². The summed E-state index contributed by atoms with van der Waals surface area (Å²) in [5.41, 5.74) is 1.03. The molecular formula is C10H17N. The van der Waals surface area contributed by atoms with Crippen molar-refractivity contribution in [2.75, 3.05) is 0 Å². The van der Waals surface area contributed by atoms with Gasteiger partial charge < -0.3 is 0 Å². The summed E-state index contributed by atoms with van der Waals surface area (Å²) < 4.78 is 0. The normalized spacial score (nSPS) is 9.09. The molecule has 0 atom stereocenters. The third-order valence-corrected chi connectivity index (χ3v) is 1.01. The molecule has 0 aliphatic rings. The molecule has 0 aliphatic heterocycles. The molecule has 0 saturated heterocycles. The summed E-state index contributed by atoms with van der Waals surface area (Å²) in [6, 6.07) is 2.06. The predicted octanol–water partition coefficient (Wildman–Crippen LogP) is 3.45. The fourth-order valence-electron chi connectivity index (χ4n) is 0.581. The quantitative estimate of drug-likeness (QED) is 0.567. The van der Waals surface area contributed by atoms with Crippen LogP contribution in [0.3, 0.4) is 0 Å². The molecule has 0 unspecified atom stereocenters. The summed E-state index contributed by atoms with van der Waals surface area (Å²) in [4.78, 5) is 0. The van der Waals surface area contributed by atoms with Crippen molar-refractivity contribution in [3.05, 3.63) is 24.3 Å². The monoisotopic (exact) mass is 151 g/mol. The molecule has 0 aromatic heterocycles. The molecular weight excluding hydrogens is 134 g/mol. The lowest BCUT2D eigenvalue weighted by atomic mass is 10.2. The first-order valence-corrected chi connectivity index (χ1v) is 4.03. The Hall–Kier alpha value is -1.03. The Morgan fingerprint density at radius 3 is 2.36 bits per heavy atom. The standard InChI is InChI=1S/C8H11N.C2H6/c1-3-5-8(4-2)6-7-9;1-2/h4-5H,2-3,6H2,1H3;1-2H3/b8-5+;. The van der Waals surface area contributed by atoms with E-state index in [4.69, 9.17) is 5.26 Å². The predicted molar refractivity (Wildman–Crippen MR) is 50.1 cm³/mol. The highest BCUT2D eigenvalue weighted by Gasteiger charge is 1.85. The topological polar surface area (TPSA) is 23.8 Å². The molecule has 1 heteroatoms. The minimum atomic E-state index is 0.483. The zero-order valence-corrected chi connectivity index (χ0v) is 7.72. The second-order valence-corrected chi connectivity index (χ2v) is 1.73. The number of nitrogens with zero attached hydrogens (tertiary/aromatic N) is 1. The lowest BCUT2D eigenvalue weighted by Crippen LogP contribution is -1.72. The zero-order chi connectivity index (χ0) is 9.11. The first-order valence-electron chi connectivity index (χ1n) is 4.03. The lowest BCUT2D eigenvalue weighted by Gasteiger charge is -1.89. The van der Waals surface area contributed by atoms with Crippen molar-refractivity contribution in [3.63, 3.8) is 0 Å². The fraction of sp³-hybridized carbons (Fsp3) is 0.500. The van der Waals surface area contributed by atoms with Gasteiger partial charge in [-0.25, -0.2) is 0 Å². The number of allylic oxidation sites excluding steroid dienone is 3. The van der Waals surface area contributed by atoms with Crippen LogP contribution >= 0.6 is 0 Å². The SMILES string of the molecule is C=C/C(=C\CC)CC#N.CC. The highest BCUT2D eigenvalue weighted by molar-refractivity contribution is 5.19. The Balaban J connectivity index is 0. The zero-order valence-electron chi connectivity index (χ0n) is 7.72. The molecule has 11 heavy (non-hydrogen) atoms. The van der Waals surface area contributed by atoms with Crippen LogP contribution in [0.5, 0.6) is 0 Å².